The van der Waals surface area contributed by atoms with Crippen molar-refractivity contribution in [3.8, 4) is 0 Å². The number of aryl methyl sites for hydroxylation is 4. The molecule has 0 saturated heterocycles. The number of aromatic nitrogens is 4. The molecule has 10 heteroatoms. The standard InChI is InChI=1S/C34H42N8O2/c1-7-21-17(3)25-13-27-19(5)23(9-11-33(43)41-35)31(39-27)16-32-24(10-12-34(44)42-36)20(6)28(40-32)14-26-18(4)22(8-2)30(38-26)15-29(21)37-25/h13-16,37-38H,7-12,35-36H2,1-6H3,(H,41,43)(H,42,44). The van der Waals surface area contributed by atoms with Crippen LogP contribution < -0.4 is 22.5 Å². The third kappa shape index (κ3) is 5.70. The number of aromatic amines is 2. The quantitative estimate of drug-likeness (QED) is 0.115. The first kappa shape index (κ1) is 30.9. The van der Waals surface area contributed by atoms with Gasteiger partial charge in [0.15, 0.2) is 0 Å². The van der Waals surface area contributed by atoms with Crippen molar-refractivity contribution in [2.75, 3.05) is 0 Å². The first-order chi connectivity index (χ1) is 21.1. The second-order valence-electron chi connectivity index (χ2n) is 11.5. The fraction of sp³-hybridized carbons (Fsp3) is 0.353. The average molecular weight is 595 g/mol. The van der Waals surface area contributed by atoms with Crippen LogP contribution in [0.1, 0.15) is 98.4 Å². The molecule has 2 aliphatic rings. The van der Waals surface area contributed by atoms with E-state index in [2.05, 4.69) is 66.7 Å². The number of rotatable bonds is 8. The molecule has 8 bridgehead atoms. The van der Waals surface area contributed by atoms with Crippen LogP contribution in [-0.4, -0.2) is 31.8 Å². The van der Waals surface area contributed by atoms with Crippen LogP contribution in [0.4, 0.5) is 0 Å². The Morgan fingerprint density at radius 3 is 1.41 bits per heavy atom. The molecule has 3 aromatic heterocycles. The van der Waals surface area contributed by atoms with Crippen molar-refractivity contribution in [1.29, 1.82) is 0 Å². The molecule has 5 rings (SSSR count). The lowest BCUT2D eigenvalue weighted by molar-refractivity contribution is -0.121. The minimum absolute atomic E-state index is 0.230. The maximum atomic E-state index is 12.1. The van der Waals surface area contributed by atoms with Gasteiger partial charge in [0.25, 0.3) is 0 Å². The Bertz CT molecular complexity index is 1760. The van der Waals surface area contributed by atoms with Crippen molar-refractivity contribution < 1.29 is 9.59 Å². The van der Waals surface area contributed by atoms with Crippen LogP contribution in [0.3, 0.4) is 0 Å². The summed E-state index contributed by atoms with van der Waals surface area (Å²) in [5, 5.41) is 0. The maximum Gasteiger partial charge on any atom is 0.234 e. The number of carbonyl (C=O) groups is 2. The molecule has 8 N–H and O–H groups in total. The molecule has 0 spiro atoms. The lowest BCUT2D eigenvalue weighted by Gasteiger charge is -2.06. The normalized spacial score (nSPS) is 13.1. The fourth-order valence-electron chi connectivity index (χ4n) is 6.38. The van der Waals surface area contributed by atoms with Crippen LogP contribution in [0.25, 0.3) is 44.4 Å². The van der Waals surface area contributed by atoms with Gasteiger partial charge < -0.3 is 9.97 Å². The van der Waals surface area contributed by atoms with E-state index in [4.69, 9.17) is 21.7 Å². The molecule has 2 amide bonds. The third-order valence-corrected chi connectivity index (χ3v) is 9.03. The van der Waals surface area contributed by atoms with Crippen LogP contribution in [0, 0.1) is 13.8 Å². The van der Waals surface area contributed by atoms with E-state index in [9.17, 15) is 9.59 Å². The lowest BCUT2D eigenvalue weighted by atomic mass is 9.98. The predicted octanol–water partition coefficient (Wildman–Crippen LogP) is 5.46. The first-order valence-electron chi connectivity index (χ1n) is 15.2. The van der Waals surface area contributed by atoms with E-state index >= 15 is 0 Å². The Kier molecular flexibility index (Phi) is 8.85. The van der Waals surface area contributed by atoms with Crippen LogP contribution in [0.15, 0.2) is 24.3 Å². The number of fused-ring (bicyclic) bond motifs is 8. The van der Waals surface area contributed by atoms with Crippen LogP contribution in [-0.2, 0) is 22.4 Å². The summed E-state index contributed by atoms with van der Waals surface area (Å²) in [4.78, 5) is 41.8. The number of hydrogen-bond acceptors (Lipinski definition) is 6. The van der Waals surface area contributed by atoms with E-state index in [1.807, 2.05) is 19.9 Å². The number of hydrazine groups is 2. The summed E-state index contributed by atoms with van der Waals surface area (Å²) >= 11 is 0. The van der Waals surface area contributed by atoms with E-state index < -0.39 is 0 Å². The summed E-state index contributed by atoms with van der Waals surface area (Å²) in [6.07, 6.45) is 3.17. The largest absolute Gasteiger partial charge is 0.355 e. The topological polar surface area (TPSA) is 168 Å². The molecule has 230 valence electrons. The monoisotopic (exact) mass is 594 g/mol. The van der Waals surface area contributed by atoms with Gasteiger partial charge in [0.2, 0.25) is 11.8 Å². The highest BCUT2D eigenvalue weighted by Gasteiger charge is 2.22. The highest BCUT2D eigenvalue weighted by atomic mass is 16.2. The van der Waals surface area contributed by atoms with Gasteiger partial charge in [-0.1, -0.05) is 13.8 Å². The van der Waals surface area contributed by atoms with E-state index in [1.54, 1.807) is 0 Å². The summed E-state index contributed by atoms with van der Waals surface area (Å²) in [5.41, 5.74) is 20.6. The van der Waals surface area contributed by atoms with Gasteiger partial charge in [0, 0.05) is 34.9 Å². The Labute approximate surface area is 257 Å². The Hall–Kier alpha value is -4.54. The van der Waals surface area contributed by atoms with Gasteiger partial charge in [-0.15, -0.1) is 0 Å². The molecular formula is C34H42N8O2. The van der Waals surface area contributed by atoms with Crippen molar-refractivity contribution in [1.82, 2.24) is 30.8 Å². The summed E-state index contributed by atoms with van der Waals surface area (Å²) in [5.74, 6) is 10.3. The molecule has 44 heavy (non-hydrogen) atoms. The Balaban J connectivity index is 1.88. The SMILES string of the molecule is CCc1c(C)c2cc3nc(cc4nc(cc5[nH]c(cc1[nH]2)c(CC)c5C)C(C)=C4CCC(=O)NN)C(CCC(=O)NN)=C3C. The molecule has 0 aromatic carbocycles. The van der Waals surface area contributed by atoms with Gasteiger partial charge in [0.1, 0.15) is 0 Å². The second kappa shape index (κ2) is 12.6. The predicted molar refractivity (Wildman–Crippen MR) is 177 cm³/mol. The molecule has 0 radical (unpaired) electrons. The van der Waals surface area contributed by atoms with E-state index in [1.165, 1.54) is 22.3 Å². The van der Waals surface area contributed by atoms with Gasteiger partial charge in [0.05, 0.1) is 22.8 Å². The molecule has 10 nitrogen and oxygen atoms in total. The molecule has 0 saturated carbocycles. The molecule has 2 aliphatic heterocycles. The molecule has 3 aromatic rings. The lowest BCUT2D eigenvalue weighted by Crippen LogP contribution is -2.29. The van der Waals surface area contributed by atoms with Gasteiger partial charge >= 0.3 is 0 Å². The smallest absolute Gasteiger partial charge is 0.234 e. The summed E-state index contributed by atoms with van der Waals surface area (Å²) in [6.45, 7) is 12.7. The summed E-state index contributed by atoms with van der Waals surface area (Å²) < 4.78 is 0. The van der Waals surface area contributed by atoms with Crippen molar-refractivity contribution >= 4 is 56.2 Å². The highest BCUT2D eigenvalue weighted by molar-refractivity contribution is 5.97. The van der Waals surface area contributed by atoms with Gasteiger partial charge in [-0.2, -0.15) is 0 Å². The van der Waals surface area contributed by atoms with Crippen LogP contribution in [0.2, 0.25) is 0 Å². The van der Waals surface area contributed by atoms with E-state index in [0.29, 0.717) is 12.8 Å². The van der Waals surface area contributed by atoms with Gasteiger partial charge in [-0.25, -0.2) is 21.7 Å². The van der Waals surface area contributed by atoms with Crippen LogP contribution in [0.5, 0.6) is 0 Å². The van der Waals surface area contributed by atoms with E-state index in [-0.39, 0.29) is 24.7 Å². The summed E-state index contributed by atoms with van der Waals surface area (Å²) in [7, 11) is 0. The number of nitrogens with zero attached hydrogens (tertiary/aromatic N) is 2. The summed E-state index contributed by atoms with van der Waals surface area (Å²) in [6, 6.07) is 8.39. The van der Waals surface area contributed by atoms with Crippen LogP contribution >= 0.6 is 0 Å². The van der Waals surface area contributed by atoms with Gasteiger partial charge in [-0.3, -0.25) is 20.4 Å². The maximum absolute atomic E-state index is 12.1. The number of nitrogens with one attached hydrogen (secondary N) is 4. The molecular weight excluding hydrogens is 552 g/mol. The number of carbonyl (C=O) groups excluding carboxylic acids is 2. The average Bonchev–Trinajstić information content (AvgIpc) is 3.67. The third-order valence-electron chi connectivity index (χ3n) is 9.03. The first-order valence-corrected chi connectivity index (χ1v) is 15.2. The minimum atomic E-state index is -0.243. The zero-order valence-electron chi connectivity index (χ0n) is 26.4. The highest BCUT2D eigenvalue weighted by Crippen LogP contribution is 2.38. The zero-order valence-corrected chi connectivity index (χ0v) is 26.4. The molecule has 0 unspecified atom stereocenters. The zero-order chi connectivity index (χ0) is 31.7. The van der Waals surface area contributed by atoms with Crippen molar-refractivity contribution in [2.24, 2.45) is 11.7 Å². The molecule has 5 heterocycles. The number of amides is 2. The second-order valence-corrected chi connectivity index (χ2v) is 11.5. The number of hydrogen-bond donors (Lipinski definition) is 6. The van der Waals surface area contributed by atoms with E-state index in [0.717, 1.165) is 80.0 Å². The van der Waals surface area contributed by atoms with Crippen molar-refractivity contribution in [3.63, 3.8) is 0 Å². The molecule has 0 atom stereocenters. The number of allylic oxidation sites excluding steroid dienone is 4. The van der Waals surface area contributed by atoms with Crippen molar-refractivity contribution in [3.05, 3.63) is 69.3 Å². The Morgan fingerprint density at radius 1 is 0.636 bits per heavy atom. The minimum Gasteiger partial charge on any atom is -0.355 e. The van der Waals surface area contributed by atoms with Crippen molar-refractivity contribution in [2.45, 2.75) is 80.1 Å². The van der Waals surface area contributed by atoms with Gasteiger partial charge in [-0.05, 0) is 122 Å². The number of nitrogens with two attached hydrogens (primary N) is 2. The number of H-pyrrole nitrogens is 2. The Morgan fingerprint density at radius 2 is 1.05 bits per heavy atom. The molecule has 0 aliphatic carbocycles. The molecule has 0 fully saturated rings. The fourth-order valence-corrected chi connectivity index (χ4v) is 6.38.